The smallest absolute Gasteiger partial charge is 0.241 e. The van der Waals surface area contributed by atoms with Gasteiger partial charge in [-0.3, -0.25) is 4.79 Å². The molecular formula is C29H31ClN4O3S. The van der Waals surface area contributed by atoms with Gasteiger partial charge in [0, 0.05) is 43.1 Å². The number of hydrogen-bond acceptors (Lipinski definition) is 7. The minimum atomic E-state index is 0.0101. The van der Waals surface area contributed by atoms with Gasteiger partial charge in [0.2, 0.25) is 11.0 Å². The summed E-state index contributed by atoms with van der Waals surface area (Å²) >= 11 is 7.32. The summed E-state index contributed by atoms with van der Waals surface area (Å²) in [5.41, 5.74) is 3.25. The minimum absolute atomic E-state index is 0.0101. The number of nitrogens with zero attached hydrogens (tertiary/aromatic N) is 4. The van der Waals surface area contributed by atoms with E-state index in [1.54, 1.807) is 19.1 Å². The summed E-state index contributed by atoms with van der Waals surface area (Å²) in [5, 5.41) is 1.42. The van der Waals surface area contributed by atoms with E-state index in [4.69, 9.17) is 26.1 Å². The molecule has 1 heterocycles. The molecule has 38 heavy (non-hydrogen) atoms. The van der Waals surface area contributed by atoms with Crippen LogP contribution in [0.15, 0.2) is 72.8 Å². The standard InChI is InChI=1S/C29H31ClN4O3S/c1-33(16-15-22-11-14-25(36-2)26(17-22)37-3)28(35)20-34(19-23-7-5-4-6-8-23)29-31-27(32-38-29)18-21-9-12-24(30)13-10-21/h4-14,17H,15-16,18-20H2,1-3H3. The highest BCUT2D eigenvalue weighted by Gasteiger charge is 2.19. The second-order valence-corrected chi connectivity index (χ2v) is 10.1. The van der Waals surface area contributed by atoms with E-state index in [9.17, 15) is 4.79 Å². The van der Waals surface area contributed by atoms with E-state index in [0.717, 1.165) is 27.6 Å². The molecule has 0 aliphatic rings. The molecule has 7 nitrogen and oxygen atoms in total. The average Bonchev–Trinajstić information content (AvgIpc) is 3.41. The topological polar surface area (TPSA) is 67.8 Å². The van der Waals surface area contributed by atoms with E-state index in [-0.39, 0.29) is 12.5 Å². The van der Waals surface area contributed by atoms with Crippen molar-refractivity contribution in [3.8, 4) is 11.5 Å². The van der Waals surface area contributed by atoms with E-state index in [0.29, 0.717) is 42.5 Å². The van der Waals surface area contributed by atoms with Gasteiger partial charge >= 0.3 is 0 Å². The van der Waals surface area contributed by atoms with Crippen LogP contribution in [-0.4, -0.2) is 54.5 Å². The van der Waals surface area contributed by atoms with Crippen molar-refractivity contribution in [2.45, 2.75) is 19.4 Å². The number of aromatic nitrogens is 2. The first-order valence-electron chi connectivity index (χ1n) is 12.3. The normalized spacial score (nSPS) is 10.7. The SMILES string of the molecule is COc1ccc(CCN(C)C(=O)CN(Cc2ccccc2)c2nc(Cc3ccc(Cl)cc3)ns2)cc1OC. The molecule has 0 aliphatic carbocycles. The highest BCUT2D eigenvalue weighted by atomic mass is 35.5. The average molecular weight is 551 g/mol. The van der Waals surface area contributed by atoms with E-state index < -0.39 is 0 Å². The lowest BCUT2D eigenvalue weighted by molar-refractivity contribution is -0.128. The van der Waals surface area contributed by atoms with Gasteiger partial charge in [-0.1, -0.05) is 60.1 Å². The molecule has 0 bridgehead atoms. The van der Waals surface area contributed by atoms with Crippen molar-refractivity contribution in [1.82, 2.24) is 14.3 Å². The van der Waals surface area contributed by atoms with Gasteiger partial charge in [-0.25, -0.2) is 4.98 Å². The molecule has 0 unspecified atom stereocenters. The Kier molecular flexibility index (Phi) is 9.56. The second kappa shape index (κ2) is 13.3. The summed E-state index contributed by atoms with van der Waals surface area (Å²) in [6.07, 6.45) is 1.30. The van der Waals surface area contributed by atoms with Gasteiger partial charge in [0.25, 0.3) is 0 Å². The molecule has 9 heteroatoms. The zero-order valence-corrected chi connectivity index (χ0v) is 23.3. The third kappa shape index (κ3) is 7.46. The molecule has 0 N–H and O–H groups in total. The van der Waals surface area contributed by atoms with Crippen molar-refractivity contribution in [3.63, 3.8) is 0 Å². The summed E-state index contributed by atoms with van der Waals surface area (Å²) in [7, 11) is 5.06. The number of halogens is 1. The number of methoxy groups -OCH3 is 2. The Hall–Kier alpha value is -3.62. The molecule has 0 atom stereocenters. The lowest BCUT2D eigenvalue weighted by Crippen LogP contribution is -2.39. The number of rotatable bonds is 12. The van der Waals surface area contributed by atoms with Crippen LogP contribution in [-0.2, 0) is 24.2 Å². The monoisotopic (exact) mass is 550 g/mol. The van der Waals surface area contributed by atoms with Crippen molar-refractivity contribution in [2.24, 2.45) is 0 Å². The van der Waals surface area contributed by atoms with Crippen LogP contribution in [0.2, 0.25) is 5.02 Å². The number of likely N-dealkylation sites (N-methyl/N-ethyl adjacent to an activating group) is 1. The highest BCUT2D eigenvalue weighted by Crippen LogP contribution is 2.28. The number of benzene rings is 3. The number of ether oxygens (including phenoxy) is 2. The van der Waals surface area contributed by atoms with Gasteiger partial charge in [-0.2, -0.15) is 4.37 Å². The summed E-state index contributed by atoms with van der Waals surface area (Å²) in [6, 6.07) is 23.6. The predicted molar refractivity (Wildman–Crippen MR) is 153 cm³/mol. The van der Waals surface area contributed by atoms with Crippen molar-refractivity contribution in [3.05, 3.63) is 100 Å². The molecule has 3 aromatic carbocycles. The van der Waals surface area contributed by atoms with Gasteiger partial charge in [-0.05, 0) is 47.4 Å². The van der Waals surface area contributed by atoms with Crippen LogP contribution >= 0.6 is 23.1 Å². The minimum Gasteiger partial charge on any atom is -0.493 e. The molecule has 1 amide bonds. The van der Waals surface area contributed by atoms with Gasteiger partial charge in [0.15, 0.2) is 11.5 Å². The summed E-state index contributed by atoms with van der Waals surface area (Å²) in [5.74, 6) is 2.10. The zero-order chi connectivity index (χ0) is 26.9. The Morgan fingerprint density at radius 2 is 1.63 bits per heavy atom. The fraction of sp³-hybridized carbons (Fsp3) is 0.276. The largest absolute Gasteiger partial charge is 0.493 e. The Morgan fingerprint density at radius 1 is 0.921 bits per heavy atom. The molecule has 0 spiro atoms. The first-order valence-corrected chi connectivity index (χ1v) is 13.4. The predicted octanol–water partition coefficient (Wildman–Crippen LogP) is 5.51. The molecule has 0 fully saturated rings. The number of carbonyl (C=O) groups excluding carboxylic acids is 1. The van der Waals surface area contributed by atoms with Crippen molar-refractivity contribution >= 4 is 34.2 Å². The third-order valence-electron chi connectivity index (χ3n) is 6.16. The fourth-order valence-corrected chi connectivity index (χ4v) is 4.78. The van der Waals surface area contributed by atoms with Gasteiger partial charge in [0.05, 0.1) is 20.8 Å². The van der Waals surface area contributed by atoms with E-state index in [1.165, 1.54) is 11.5 Å². The fourth-order valence-electron chi connectivity index (χ4n) is 3.97. The van der Waals surface area contributed by atoms with Crippen LogP contribution in [0.3, 0.4) is 0 Å². The Balaban J connectivity index is 1.43. The van der Waals surface area contributed by atoms with Crippen molar-refractivity contribution in [1.29, 1.82) is 0 Å². The van der Waals surface area contributed by atoms with E-state index >= 15 is 0 Å². The molecule has 1 aromatic heterocycles. The second-order valence-electron chi connectivity index (χ2n) is 8.89. The van der Waals surface area contributed by atoms with Crippen LogP contribution in [0, 0.1) is 0 Å². The Morgan fingerprint density at radius 3 is 2.34 bits per heavy atom. The molecular weight excluding hydrogens is 520 g/mol. The first-order chi connectivity index (χ1) is 18.4. The summed E-state index contributed by atoms with van der Waals surface area (Å²) < 4.78 is 15.3. The Bertz CT molecular complexity index is 1330. The maximum atomic E-state index is 13.3. The maximum Gasteiger partial charge on any atom is 0.241 e. The molecule has 4 aromatic rings. The van der Waals surface area contributed by atoms with Crippen LogP contribution in [0.1, 0.15) is 22.5 Å². The Labute approximate surface area is 232 Å². The molecule has 0 radical (unpaired) electrons. The zero-order valence-electron chi connectivity index (χ0n) is 21.8. The number of carbonyl (C=O) groups is 1. The highest BCUT2D eigenvalue weighted by molar-refractivity contribution is 7.09. The summed E-state index contributed by atoms with van der Waals surface area (Å²) in [6.45, 7) is 1.34. The molecule has 198 valence electrons. The van der Waals surface area contributed by atoms with E-state index in [1.807, 2.05) is 84.7 Å². The van der Waals surface area contributed by atoms with E-state index in [2.05, 4.69) is 4.37 Å². The number of amides is 1. The van der Waals surface area contributed by atoms with Crippen LogP contribution in [0.5, 0.6) is 11.5 Å². The molecule has 0 saturated carbocycles. The molecule has 0 aliphatic heterocycles. The van der Waals surface area contributed by atoms with Gasteiger partial charge in [-0.15, -0.1) is 0 Å². The number of anilines is 1. The first kappa shape index (κ1) is 27.4. The van der Waals surface area contributed by atoms with Crippen LogP contribution in [0.4, 0.5) is 5.13 Å². The lowest BCUT2D eigenvalue weighted by atomic mass is 10.1. The lowest BCUT2D eigenvalue weighted by Gasteiger charge is -2.25. The third-order valence-corrected chi connectivity index (χ3v) is 7.22. The summed E-state index contributed by atoms with van der Waals surface area (Å²) in [4.78, 5) is 21.8. The molecule has 0 saturated heterocycles. The quantitative estimate of drug-likeness (QED) is 0.232. The molecule has 4 rings (SSSR count). The van der Waals surface area contributed by atoms with Gasteiger partial charge < -0.3 is 19.3 Å². The number of hydrogen-bond donors (Lipinski definition) is 0. The van der Waals surface area contributed by atoms with Crippen molar-refractivity contribution < 1.29 is 14.3 Å². The maximum absolute atomic E-state index is 13.3. The van der Waals surface area contributed by atoms with Gasteiger partial charge in [0.1, 0.15) is 5.82 Å². The van der Waals surface area contributed by atoms with Crippen LogP contribution in [0.25, 0.3) is 0 Å². The van der Waals surface area contributed by atoms with Crippen LogP contribution < -0.4 is 14.4 Å². The van der Waals surface area contributed by atoms with Crippen molar-refractivity contribution in [2.75, 3.05) is 39.3 Å².